The van der Waals surface area contributed by atoms with Gasteiger partial charge in [-0.05, 0) is 94.5 Å². The molecule has 21 heteroatoms. The van der Waals surface area contributed by atoms with E-state index in [9.17, 15) is 79.2 Å². The number of aromatic nitrogens is 4. The van der Waals surface area contributed by atoms with E-state index < -0.39 is 99.1 Å². The van der Waals surface area contributed by atoms with E-state index in [4.69, 9.17) is 0 Å². The molecular weight excluding hydrogens is 828 g/mol. The Morgan fingerprint density at radius 2 is 0.656 bits per heavy atom. The number of aryl methyl sites for hydroxylation is 2. The Morgan fingerprint density at radius 1 is 0.361 bits per heavy atom. The minimum Gasteiger partial charge on any atom is -0.481 e. The number of halogens is 1. The molecule has 0 unspecified atom stereocenters. The van der Waals surface area contributed by atoms with Crippen molar-refractivity contribution in [1.82, 2.24) is 19.9 Å². The lowest BCUT2D eigenvalue weighted by molar-refractivity contribution is -0.138. The standard InChI is InChI=1S/C40H38N4O16.ClH/c45-33(46)5-1-17-21(9-37(53)54)29-14-26-19(3-7-35(49)50)23(11-39(57)58)31(43-26)16-28-20(4-8-36(51)52)24(12-40(59)60)32(44-28)15-27-18(2-6-34(47)48)22(10-38(55)56)30(42-27)13-25(17)41-29;/h13-16,41-42H,1-12H2,(H,45,46)(H,47,48)(H,49,50)(H,51,52)(H,53,54)(H,55,56)(H,57,58)(H,59,60);1H. The summed E-state index contributed by atoms with van der Waals surface area (Å²) in [7, 11) is 0. The molecule has 5 heterocycles. The number of carbonyl (C=O) groups is 8. The molecule has 10 N–H and O–H groups in total. The molecule has 3 aromatic rings. The largest absolute Gasteiger partial charge is 0.481 e. The average Bonchev–Trinajstić information content (AvgIpc) is 3.81. The zero-order valence-corrected chi connectivity index (χ0v) is 32.8. The van der Waals surface area contributed by atoms with Crippen LogP contribution in [-0.4, -0.2) is 109 Å². The second-order valence-corrected chi connectivity index (χ2v) is 13.9. The first-order chi connectivity index (χ1) is 28.3. The molecule has 0 spiro atoms. The number of allylic oxidation sites excluding steroid dienone is 2. The molecule has 0 radical (unpaired) electrons. The second kappa shape index (κ2) is 19.6. The summed E-state index contributed by atoms with van der Waals surface area (Å²) in [5.41, 5.74) is 1.10. The van der Waals surface area contributed by atoms with E-state index in [1.165, 1.54) is 24.3 Å². The van der Waals surface area contributed by atoms with Crippen LogP contribution in [0.25, 0.3) is 44.4 Å². The molecule has 2 aliphatic heterocycles. The molecule has 322 valence electrons. The molecule has 0 saturated heterocycles. The van der Waals surface area contributed by atoms with Crippen molar-refractivity contribution in [2.75, 3.05) is 0 Å². The molecule has 2 aliphatic rings. The van der Waals surface area contributed by atoms with E-state index in [0.29, 0.717) is 0 Å². The number of hydrogen-bond donors (Lipinski definition) is 10. The molecule has 5 rings (SSSR count). The Balaban J connectivity index is 0.00000819. The van der Waals surface area contributed by atoms with E-state index in [1.807, 2.05) is 0 Å². The van der Waals surface area contributed by atoms with Gasteiger partial charge in [0.25, 0.3) is 0 Å². The molecule has 0 saturated carbocycles. The molecule has 0 aromatic carbocycles. The van der Waals surface area contributed by atoms with Crippen molar-refractivity contribution in [3.63, 3.8) is 0 Å². The van der Waals surface area contributed by atoms with Crippen LogP contribution in [0.3, 0.4) is 0 Å². The minimum atomic E-state index is -1.35. The maximum Gasteiger partial charge on any atom is 0.307 e. The first-order valence-corrected chi connectivity index (χ1v) is 18.3. The maximum absolute atomic E-state index is 12.3. The Morgan fingerprint density at radius 3 is 1.03 bits per heavy atom. The fourth-order valence-electron chi connectivity index (χ4n) is 7.37. The number of aromatic amines is 2. The van der Waals surface area contributed by atoms with Crippen LogP contribution in [0, 0.1) is 0 Å². The lowest BCUT2D eigenvalue weighted by Gasteiger charge is -2.07. The summed E-state index contributed by atoms with van der Waals surface area (Å²) in [6.45, 7) is 0. The number of fused-ring (bicyclic) bond motifs is 8. The third-order valence-electron chi connectivity index (χ3n) is 9.81. The van der Waals surface area contributed by atoms with Gasteiger partial charge in [0.2, 0.25) is 0 Å². The summed E-state index contributed by atoms with van der Waals surface area (Å²) in [4.78, 5) is 112. The third-order valence-corrected chi connectivity index (χ3v) is 9.81. The molecule has 0 amide bonds. The van der Waals surface area contributed by atoms with E-state index in [2.05, 4.69) is 19.9 Å². The van der Waals surface area contributed by atoms with Crippen LogP contribution in [0.4, 0.5) is 0 Å². The highest BCUT2D eigenvalue weighted by atomic mass is 35.5. The number of hydrogen-bond acceptors (Lipinski definition) is 10. The van der Waals surface area contributed by atoms with Crippen molar-refractivity contribution in [2.45, 2.75) is 77.0 Å². The number of nitrogens with zero attached hydrogens (tertiary/aromatic N) is 2. The van der Waals surface area contributed by atoms with Gasteiger partial charge in [-0.1, -0.05) is 0 Å². The topological polar surface area (TPSA) is 356 Å². The maximum atomic E-state index is 12.3. The van der Waals surface area contributed by atoms with Crippen molar-refractivity contribution in [1.29, 1.82) is 0 Å². The van der Waals surface area contributed by atoms with Gasteiger partial charge in [-0.15, -0.1) is 12.4 Å². The van der Waals surface area contributed by atoms with Crippen molar-refractivity contribution < 1.29 is 79.2 Å². The Labute approximate surface area is 349 Å². The van der Waals surface area contributed by atoms with E-state index in [0.717, 1.165) is 0 Å². The molecule has 0 atom stereocenters. The predicted octanol–water partition coefficient (Wildman–Crippen LogP) is 4.53. The van der Waals surface area contributed by atoms with Gasteiger partial charge in [-0.3, -0.25) is 38.4 Å². The highest BCUT2D eigenvalue weighted by Gasteiger charge is 2.28. The van der Waals surface area contributed by atoms with Crippen molar-refractivity contribution in [2.24, 2.45) is 0 Å². The summed E-state index contributed by atoms with van der Waals surface area (Å²) in [5, 5.41) is 78.6. The number of carboxylic acid groups (broad SMARTS) is 8. The third kappa shape index (κ3) is 11.4. The summed E-state index contributed by atoms with van der Waals surface area (Å²) < 4.78 is 0. The first kappa shape index (κ1) is 46.3. The van der Waals surface area contributed by atoms with Crippen molar-refractivity contribution in [3.8, 4) is 0 Å². The van der Waals surface area contributed by atoms with Gasteiger partial charge in [-0.2, -0.15) is 0 Å². The first-order valence-electron chi connectivity index (χ1n) is 18.3. The molecule has 8 bridgehead atoms. The summed E-state index contributed by atoms with van der Waals surface area (Å²) in [6.07, 6.45) is -5.74. The van der Waals surface area contributed by atoms with Gasteiger partial charge in [0, 0.05) is 47.8 Å². The van der Waals surface area contributed by atoms with Gasteiger partial charge in [0.15, 0.2) is 0 Å². The molecular formula is C40H39ClN4O16. The normalized spacial score (nSPS) is 12.2. The zero-order chi connectivity index (χ0) is 44.0. The van der Waals surface area contributed by atoms with Crippen LogP contribution in [0.2, 0.25) is 0 Å². The van der Waals surface area contributed by atoms with Gasteiger partial charge < -0.3 is 50.8 Å². The SMILES string of the molecule is Cl.O=C(O)CCC1=C(CC(=O)O)c2cc3nc(cc4[nH]c(cc5[nH]c(cc1n2)c(CC(=O)O)c5CCC(=O)O)c(CC(=O)O)c4CCC(=O)O)C(CC(=O)O)=C3CCC(=O)O. The lowest BCUT2D eigenvalue weighted by Crippen LogP contribution is -2.05. The van der Waals surface area contributed by atoms with E-state index >= 15 is 0 Å². The van der Waals surface area contributed by atoms with Gasteiger partial charge >= 0.3 is 47.8 Å². The monoisotopic (exact) mass is 866 g/mol. The van der Waals surface area contributed by atoms with Crippen LogP contribution in [0.5, 0.6) is 0 Å². The number of rotatable bonds is 20. The van der Waals surface area contributed by atoms with Crippen molar-refractivity contribution in [3.05, 3.63) is 69.3 Å². The minimum absolute atomic E-state index is 0. The highest BCUT2D eigenvalue weighted by molar-refractivity contribution is 6.02. The van der Waals surface area contributed by atoms with Crippen LogP contribution in [-0.2, 0) is 64.0 Å². The lowest BCUT2D eigenvalue weighted by atomic mass is 9.95. The fourth-order valence-corrected chi connectivity index (χ4v) is 7.37. The van der Waals surface area contributed by atoms with Crippen LogP contribution >= 0.6 is 12.4 Å². The smallest absolute Gasteiger partial charge is 0.307 e. The highest BCUT2D eigenvalue weighted by Crippen LogP contribution is 2.40. The van der Waals surface area contributed by atoms with Crippen LogP contribution < -0.4 is 0 Å². The number of carboxylic acids is 8. The van der Waals surface area contributed by atoms with E-state index in [1.54, 1.807) is 0 Å². The summed E-state index contributed by atoms with van der Waals surface area (Å²) >= 11 is 0. The Kier molecular flexibility index (Phi) is 14.9. The fraction of sp³-hybridized carbons (Fsp3) is 0.300. The van der Waals surface area contributed by atoms with E-state index in [-0.39, 0.29) is 127 Å². The average molecular weight is 867 g/mol. The van der Waals surface area contributed by atoms with Gasteiger partial charge in [-0.25, -0.2) is 9.97 Å². The zero-order valence-electron chi connectivity index (χ0n) is 31.9. The van der Waals surface area contributed by atoms with Crippen LogP contribution in [0.15, 0.2) is 24.3 Å². The van der Waals surface area contributed by atoms with Crippen LogP contribution in [0.1, 0.15) is 96.4 Å². The predicted molar refractivity (Wildman–Crippen MR) is 215 cm³/mol. The number of H-pyrrole nitrogens is 2. The van der Waals surface area contributed by atoms with Gasteiger partial charge in [0.05, 0.1) is 48.5 Å². The molecule has 0 fully saturated rings. The van der Waals surface area contributed by atoms with Gasteiger partial charge in [0.1, 0.15) is 0 Å². The molecule has 61 heavy (non-hydrogen) atoms. The Hall–Kier alpha value is -7.35. The summed E-state index contributed by atoms with van der Waals surface area (Å²) in [5.74, 6) is -10.3. The second-order valence-electron chi connectivity index (χ2n) is 13.9. The Bertz CT molecular complexity index is 2600. The number of nitrogens with one attached hydrogen (secondary N) is 2. The van der Waals surface area contributed by atoms with Crippen molar-refractivity contribution >= 4 is 105 Å². The quantitative estimate of drug-likeness (QED) is 0.0745. The molecule has 0 aliphatic carbocycles. The number of aliphatic carboxylic acids is 8. The summed E-state index contributed by atoms with van der Waals surface area (Å²) in [6, 6.07) is 5.39. The molecule has 20 nitrogen and oxygen atoms in total. The molecule has 3 aromatic heterocycles.